The Balaban J connectivity index is 1.38. The number of aromatic amines is 1. The minimum atomic E-state index is -0.415. The Morgan fingerprint density at radius 1 is 1.07 bits per heavy atom. The van der Waals surface area contributed by atoms with Crippen LogP contribution in [0.2, 0.25) is 0 Å². The van der Waals surface area contributed by atoms with E-state index in [4.69, 9.17) is 4.42 Å². The molecule has 1 aliphatic carbocycles. The summed E-state index contributed by atoms with van der Waals surface area (Å²) in [6.45, 7) is 1.88. The monoisotopic (exact) mass is 590 g/mol. The molecule has 0 aliphatic heterocycles. The van der Waals surface area contributed by atoms with Gasteiger partial charge in [-0.15, -0.1) is 0 Å². The minimum Gasteiger partial charge on any atom is -0.444 e. The number of benzene rings is 3. The lowest BCUT2D eigenvalue weighted by Crippen LogP contribution is -2.51. The van der Waals surface area contributed by atoms with Gasteiger partial charge in [0.05, 0.1) is 6.20 Å². The van der Waals surface area contributed by atoms with Gasteiger partial charge in [0.2, 0.25) is 11.8 Å². The zero-order valence-electron chi connectivity index (χ0n) is 25.5. The molecule has 1 unspecified atom stereocenters. The number of aryl methyl sites for hydroxylation is 1. The number of fused-ring (bicyclic) bond motifs is 1. The first-order valence-corrected chi connectivity index (χ1v) is 15.3. The summed E-state index contributed by atoms with van der Waals surface area (Å²) in [4.78, 5) is 26.6. The third kappa shape index (κ3) is 5.97. The van der Waals surface area contributed by atoms with Crippen molar-refractivity contribution in [3.8, 4) is 0 Å². The van der Waals surface area contributed by atoms with E-state index in [-0.39, 0.29) is 23.3 Å². The number of rotatable bonds is 9. The molecule has 1 saturated carbocycles. The highest BCUT2D eigenvalue weighted by Crippen LogP contribution is 2.44. The third-order valence-corrected chi connectivity index (χ3v) is 9.21. The van der Waals surface area contributed by atoms with Gasteiger partial charge in [0.25, 0.3) is 0 Å². The summed E-state index contributed by atoms with van der Waals surface area (Å²) in [5.74, 6) is 0.927. The molecular formula is C37H39FN4O2. The molecule has 1 amide bonds. The quantitative estimate of drug-likeness (QED) is 0.178. The van der Waals surface area contributed by atoms with Crippen LogP contribution in [-0.2, 0) is 16.8 Å². The van der Waals surface area contributed by atoms with Gasteiger partial charge in [0.1, 0.15) is 17.6 Å². The molecule has 0 bridgehead atoms. The molecule has 6 rings (SSSR count). The van der Waals surface area contributed by atoms with Crippen LogP contribution in [0.4, 0.5) is 4.39 Å². The molecule has 0 saturated heterocycles. The minimum absolute atomic E-state index is 0.0630. The van der Waals surface area contributed by atoms with E-state index in [0.717, 1.165) is 53.3 Å². The largest absolute Gasteiger partial charge is 0.444 e. The van der Waals surface area contributed by atoms with Crippen LogP contribution in [0.25, 0.3) is 17.0 Å². The Morgan fingerprint density at radius 2 is 1.82 bits per heavy atom. The van der Waals surface area contributed by atoms with Crippen molar-refractivity contribution in [3.63, 3.8) is 0 Å². The third-order valence-electron chi connectivity index (χ3n) is 9.21. The number of nitrogens with one attached hydrogen (secondary N) is 1. The summed E-state index contributed by atoms with van der Waals surface area (Å²) in [5, 5.41) is 1.12. The molecule has 2 heterocycles. The van der Waals surface area contributed by atoms with Crippen LogP contribution in [-0.4, -0.2) is 45.8 Å². The normalized spacial score (nSPS) is 19.5. The molecule has 1 N–H and O–H groups in total. The number of carbonyl (C=O) groups is 1. The molecule has 44 heavy (non-hydrogen) atoms. The van der Waals surface area contributed by atoms with Crippen LogP contribution in [0.1, 0.15) is 60.1 Å². The second-order valence-corrected chi connectivity index (χ2v) is 12.0. The maximum atomic E-state index is 14.4. The molecule has 3 aromatic carbocycles. The smallest absolute Gasteiger partial charge is 0.247 e. The zero-order chi connectivity index (χ0) is 30.7. The Kier molecular flexibility index (Phi) is 8.49. The number of hydrogen-bond acceptors (Lipinski definition) is 4. The molecule has 1 fully saturated rings. The van der Waals surface area contributed by atoms with Crippen molar-refractivity contribution in [3.05, 3.63) is 131 Å². The number of para-hydroxylation sites is 1. The fraction of sp³-hybridized carbons (Fsp3) is 0.297. The molecule has 0 spiro atoms. The Labute approximate surface area is 258 Å². The van der Waals surface area contributed by atoms with Crippen molar-refractivity contribution in [2.24, 2.45) is 0 Å². The van der Waals surface area contributed by atoms with E-state index in [9.17, 15) is 9.18 Å². The van der Waals surface area contributed by atoms with Crippen molar-refractivity contribution < 1.29 is 13.6 Å². The topological polar surface area (TPSA) is 65.4 Å². The number of hydrogen-bond donors (Lipinski definition) is 1. The van der Waals surface area contributed by atoms with E-state index >= 15 is 0 Å². The number of carbonyl (C=O) groups excluding carboxylic acids is 1. The molecule has 1 atom stereocenters. The second kappa shape index (κ2) is 12.6. The van der Waals surface area contributed by atoms with Gasteiger partial charge in [0, 0.05) is 41.2 Å². The SMILES string of the molecule is Cc1cnc(C(Cc2c[nH]c3ccccc23)N(C(=O)/C=C/c2ccccc2)C2CCC(c3cccc(F)c3)(N(C)C)CC2)o1. The summed E-state index contributed by atoms with van der Waals surface area (Å²) in [5.41, 5.74) is 3.77. The first-order valence-electron chi connectivity index (χ1n) is 15.3. The lowest BCUT2D eigenvalue weighted by Gasteiger charge is -2.48. The van der Waals surface area contributed by atoms with E-state index in [0.29, 0.717) is 18.1 Å². The first-order chi connectivity index (χ1) is 21.3. The van der Waals surface area contributed by atoms with E-state index in [1.165, 1.54) is 6.07 Å². The maximum absolute atomic E-state index is 14.4. The van der Waals surface area contributed by atoms with Gasteiger partial charge >= 0.3 is 0 Å². The standard InChI is InChI=1S/C37H39FN4O2/c1-26-24-40-36(44-26)34(22-28-25-39-33-15-8-7-14-32(28)33)42(35(43)17-16-27-10-5-4-6-11-27)31-18-20-37(21-19-31,41(2)3)29-12-9-13-30(38)23-29/h4-17,23-25,31,34,39H,18-22H2,1-3H3/b17-16+. The highest BCUT2D eigenvalue weighted by Gasteiger charge is 2.43. The molecular weight excluding hydrogens is 551 g/mol. The average Bonchev–Trinajstić information content (AvgIpc) is 3.66. The van der Waals surface area contributed by atoms with E-state index in [1.807, 2.05) is 72.6 Å². The van der Waals surface area contributed by atoms with Gasteiger partial charge in [-0.05, 0) is 87.7 Å². The molecule has 7 heteroatoms. The van der Waals surface area contributed by atoms with Gasteiger partial charge in [-0.3, -0.25) is 9.69 Å². The van der Waals surface area contributed by atoms with Crippen molar-refractivity contribution in [1.82, 2.24) is 19.8 Å². The first kappa shape index (κ1) is 29.6. The van der Waals surface area contributed by atoms with E-state index < -0.39 is 6.04 Å². The van der Waals surface area contributed by atoms with Crippen molar-refractivity contribution in [1.29, 1.82) is 0 Å². The molecule has 6 nitrogen and oxygen atoms in total. The van der Waals surface area contributed by atoms with Crippen LogP contribution < -0.4 is 0 Å². The maximum Gasteiger partial charge on any atom is 0.247 e. The Morgan fingerprint density at radius 3 is 2.52 bits per heavy atom. The summed E-state index contributed by atoms with van der Waals surface area (Å²) in [6, 6.07) is 24.5. The molecule has 5 aromatic rings. The van der Waals surface area contributed by atoms with Gasteiger partial charge in [-0.2, -0.15) is 0 Å². The van der Waals surface area contributed by atoms with Crippen LogP contribution in [0.5, 0.6) is 0 Å². The highest BCUT2D eigenvalue weighted by atomic mass is 19.1. The van der Waals surface area contributed by atoms with Crippen molar-refractivity contribution >= 4 is 22.9 Å². The predicted molar refractivity (Wildman–Crippen MR) is 172 cm³/mol. The number of nitrogens with zero attached hydrogens (tertiary/aromatic N) is 3. The van der Waals surface area contributed by atoms with Gasteiger partial charge < -0.3 is 14.3 Å². The number of amides is 1. The summed E-state index contributed by atoms with van der Waals surface area (Å²) >= 11 is 0. The number of halogens is 1. The summed E-state index contributed by atoms with van der Waals surface area (Å²) < 4.78 is 20.5. The average molecular weight is 591 g/mol. The summed E-state index contributed by atoms with van der Waals surface area (Å²) in [7, 11) is 4.12. The number of H-pyrrole nitrogens is 1. The fourth-order valence-electron chi connectivity index (χ4n) is 6.88. The van der Waals surface area contributed by atoms with Crippen LogP contribution in [0, 0.1) is 12.7 Å². The van der Waals surface area contributed by atoms with Crippen molar-refractivity contribution in [2.75, 3.05) is 14.1 Å². The van der Waals surface area contributed by atoms with Crippen molar-refractivity contribution in [2.45, 2.75) is 56.7 Å². The molecule has 226 valence electrons. The van der Waals surface area contributed by atoms with Crippen LogP contribution >= 0.6 is 0 Å². The highest BCUT2D eigenvalue weighted by molar-refractivity contribution is 5.92. The lowest BCUT2D eigenvalue weighted by atomic mass is 9.73. The fourth-order valence-corrected chi connectivity index (χ4v) is 6.88. The van der Waals surface area contributed by atoms with Crippen LogP contribution in [0.3, 0.4) is 0 Å². The lowest BCUT2D eigenvalue weighted by molar-refractivity contribution is -0.133. The van der Waals surface area contributed by atoms with E-state index in [1.54, 1.807) is 24.4 Å². The summed E-state index contributed by atoms with van der Waals surface area (Å²) in [6.07, 6.45) is 10.9. The Hall–Kier alpha value is -4.49. The zero-order valence-corrected chi connectivity index (χ0v) is 25.5. The Bertz CT molecular complexity index is 1750. The van der Waals surface area contributed by atoms with Gasteiger partial charge in [-0.1, -0.05) is 60.7 Å². The number of oxazole rings is 1. The van der Waals surface area contributed by atoms with Gasteiger partial charge in [-0.25, -0.2) is 9.37 Å². The van der Waals surface area contributed by atoms with Gasteiger partial charge in [0.15, 0.2) is 0 Å². The molecule has 0 radical (unpaired) electrons. The molecule has 1 aliphatic rings. The second-order valence-electron chi connectivity index (χ2n) is 12.0. The van der Waals surface area contributed by atoms with Crippen LogP contribution in [0.15, 0.2) is 102 Å². The predicted octanol–water partition coefficient (Wildman–Crippen LogP) is 7.83. The molecule has 2 aromatic heterocycles. The van der Waals surface area contributed by atoms with E-state index in [2.05, 4.69) is 41.1 Å². The number of aromatic nitrogens is 2.